The van der Waals surface area contributed by atoms with Crippen LogP contribution in [0.4, 0.5) is 29.1 Å². The smallest absolute Gasteiger partial charge is 0.399 e. The van der Waals surface area contributed by atoms with Gasteiger partial charge in [0.2, 0.25) is 5.91 Å². The summed E-state index contributed by atoms with van der Waals surface area (Å²) in [5, 5.41) is 11.4. The van der Waals surface area contributed by atoms with E-state index in [1.54, 1.807) is 23.1 Å². The SMILES string of the molecule is Cc1nnc2nc(N[C@H](C)c3cc(N)cc(C(F)(F)F)c3)c3c(n12)CN(C(=O)C12CC(C1)[C@@H](F)C2)C3. The van der Waals surface area contributed by atoms with Crippen molar-refractivity contribution in [1.29, 1.82) is 0 Å². The van der Waals surface area contributed by atoms with Crippen molar-refractivity contribution < 1.29 is 22.4 Å². The number of nitrogens with two attached hydrogens (primary N) is 1. The Hall–Kier alpha value is -3.44. The van der Waals surface area contributed by atoms with Gasteiger partial charge in [0.05, 0.1) is 35.8 Å². The summed E-state index contributed by atoms with van der Waals surface area (Å²) in [5.41, 5.74) is 6.19. The molecule has 3 fully saturated rings. The van der Waals surface area contributed by atoms with Gasteiger partial charge in [0, 0.05) is 11.3 Å². The van der Waals surface area contributed by atoms with E-state index in [0.717, 1.165) is 23.4 Å². The molecule has 7 rings (SSSR count). The highest BCUT2D eigenvalue weighted by atomic mass is 19.4. The summed E-state index contributed by atoms with van der Waals surface area (Å²) in [6, 6.07) is 2.87. The van der Waals surface area contributed by atoms with Crippen LogP contribution in [-0.2, 0) is 24.1 Å². The molecule has 8 nitrogen and oxygen atoms in total. The average molecular weight is 504 g/mol. The van der Waals surface area contributed by atoms with Gasteiger partial charge in [0.1, 0.15) is 17.8 Å². The molecular formula is C24H25F4N7O. The van der Waals surface area contributed by atoms with E-state index in [4.69, 9.17) is 5.73 Å². The standard InChI is InChI=1S/C24H25F4N7O/c1-11(13-3-15(24(26,27)28)5-16(29)4-13)30-20-17-9-34(21(36)23-6-14(7-23)18(25)8-23)10-19(17)35-12(2)32-33-22(35)31-20/h3-5,11,14,18H,6-10,29H2,1-2H3,(H,30,31,33)/t11-,14?,18+,23?/m1/s1. The Morgan fingerprint density at radius 3 is 2.61 bits per heavy atom. The van der Waals surface area contributed by atoms with Crippen molar-refractivity contribution in [3.63, 3.8) is 0 Å². The van der Waals surface area contributed by atoms with Gasteiger partial charge >= 0.3 is 6.18 Å². The van der Waals surface area contributed by atoms with E-state index >= 15 is 0 Å². The van der Waals surface area contributed by atoms with Crippen LogP contribution >= 0.6 is 0 Å². The number of nitrogen functional groups attached to an aromatic ring is 1. The lowest BCUT2D eigenvalue weighted by Crippen LogP contribution is -2.44. The molecule has 190 valence electrons. The van der Waals surface area contributed by atoms with Gasteiger partial charge in [-0.3, -0.25) is 9.20 Å². The number of anilines is 2. The van der Waals surface area contributed by atoms with Crippen molar-refractivity contribution in [3.05, 3.63) is 46.4 Å². The summed E-state index contributed by atoms with van der Waals surface area (Å²) in [6.45, 7) is 4.06. The van der Waals surface area contributed by atoms with Gasteiger partial charge in [-0.1, -0.05) is 0 Å². The van der Waals surface area contributed by atoms with Crippen LogP contribution in [0.5, 0.6) is 0 Å². The minimum absolute atomic E-state index is 0.00718. The number of halogens is 4. The van der Waals surface area contributed by atoms with Gasteiger partial charge in [0.25, 0.3) is 5.78 Å². The molecule has 3 saturated carbocycles. The first kappa shape index (κ1) is 23.0. The fourth-order valence-corrected chi connectivity index (χ4v) is 6.08. The molecule has 12 heteroatoms. The minimum atomic E-state index is -4.53. The summed E-state index contributed by atoms with van der Waals surface area (Å²) < 4.78 is 55.9. The molecule has 3 aliphatic carbocycles. The van der Waals surface area contributed by atoms with E-state index in [2.05, 4.69) is 20.5 Å². The van der Waals surface area contributed by atoms with Gasteiger partial charge < -0.3 is 16.0 Å². The van der Waals surface area contributed by atoms with Crippen molar-refractivity contribution >= 4 is 23.2 Å². The van der Waals surface area contributed by atoms with E-state index in [-0.39, 0.29) is 30.5 Å². The molecule has 0 radical (unpaired) electrons. The van der Waals surface area contributed by atoms with Crippen molar-refractivity contribution in [2.45, 2.75) is 64.6 Å². The molecule has 36 heavy (non-hydrogen) atoms. The Labute approximate surface area is 203 Å². The number of aryl methyl sites for hydroxylation is 1. The number of fused-ring (bicyclic) bond motifs is 4. The Kier molecular flexibility index (Phi) is 4.81. The van der Waals surface area contributed by atoms with Crippen LogP contribution in [0.25, 0.3) is 5.78 Å². The van der Waals surface area contributed by atoms with Crippen LogP contribution in [0.2, 0.25) is 0 Å². The number of nitrogens with zero attached hydrogens (tertiary/aromatic N) is 5. The zero-order chi connectivity index (χ0) is 25.6. The lowest BCUT2D eigenvalue weighted by Gasteiger charge is -2.39. The van der Waals surface area contributed by atoms with E-state index in [1.165, 1.54) is 6.07 Å². The van der Waals surface area contributed by atoms with Crippen LogP contribution in [0.1, 0.15) is 60.4 Å². The molecule has 1 aromatic carbocycles. The van der Waals surface area contributed by atoms with Crippen LogP contribution < -0.4 is 11.1 Å². The van der Waals surface area contributed by atoms with Gasteiger partial charge in [-0.2, -0.15) is 18.2 Å². The van der Waals surface area contributed by atoms with Gasteiger partial charge in [-0.25, -0.2) is 4.39 Å². The van der Waals surface area contributed by atoms with Crippen molar-refractivity contribution in [2.24, 2.45) is 11.3 Å². The average Bonchev–Trinajstić information content (AvgIpc) is 3.53. The second-order valence-corrected chi connectivity index (χ2v) is 10.4. The van der Waals surface area contributed by atoms with Gasteiger partial charge in [-0.15, -0.1) is 10.2 Å². The molecular weight excluding hydrogens is 478 g/mol. The number of hydrogen-bond donors (Lipinski definition) is 2. The maximum atomic E-state index is 14.1. The largest absolute Gasteiger partial charge is 0.416 e. The zero-order valence-corrected chi connectivity index (χ0v) is 19.7. The van der Waals surface area contributed by atoms with Crippen LogP contribution in [-0.4, -0.2) is 36.6 Å². The lowest BCUT2D eigenvalue weighted by atomic mass is 9.69. The maximum absolute atomic E-state index is 14.1. The molecule has 0 unspecified atom stereocenters. The molecule has 3 heterocycles. The van der Waals surface area contributed by atoms with E-state index in [0.29, 0.717) is 42.4 Å². The highest BCUT2D eigenvalue weighted by Gasteiger charge is 2.62. The number of aromatic nitrogens is 4. The first-order chi connectivity index (χ1) is 16.9. The summed E-state index contributed by atoms with van der Waals surface area (Å²) >= 11 is 0. The number of nitrogens with one attached hydrogen (secondary N) is 1. The Morgan fingerprint density at radius 1 is 1.19 bits per heavy atom. The number of carbonyl (C=O) groups excluding carboxylic acids is 1. The predicted octanol–water partition coefficient (Wildman–Crippen LogP) is 4.19. The maximum Gasteiger partial charge on any atom is 0.416 e. The number of rotatable bonds is 4. The summed E-state index contributed by atoms with van der Waals surface area (Å²) in [4.78, 5) is 19.8. The minimum Gasteiger partial charge on any atom is -0.399 e. The molecule has 3 aromatic rings. The third-order valence-corrected chi connectivity index (χ3v) is 7.92. The molecule has 4 aliphatic rings. The van der Waals surface area contributed by atoms with Crippen molar-refractivity contribution in [1.82, 2.24) is 24.5 Å². The Balaban J connectivity index is 1.34. The molecule has 2 aromatic heterocycles. The van der Waals surface area contributed by atoms with E-state index < -0.39 is 29.4 Å². The van der Waals surface area contributed by atoms with Crippen molar-refractivity contribution in [3.8, 4) is 0 Å². The number of hydrogen-bond acceptors (Lipinski definition) is 6. The number of carbonyl (C=O) groups is 1. The van der Waals surface area contributed by atoms with Gasteiger partial charge in [0.15, 0.2) is 0 Å². The second-order valence-electron chi connectivity index (χ2n) is 10.4. The predicted molar refractivity (Wildman–Crippen MR) is 122 cm³/mol. The fourth-order valence-electron chi connectivity index (χ4n) is 6.08. The quantitative estimate of drug-likeness (QED) is 0.409. The zero-order valence-electron chi connectivity index (χ0n) is 19.7. The summed E-state index contributed by atoms with van der Waals surface area (Å²) in [7, 11) is 0. The highest BCUT2D eigenvalue weighted by molar-refractivity contribution is 5.85. The normalized spacial score (nSPS) is 25.7. The highest BCUT2D eigenvalue weighted by Crippen LogP contribution is 2.61. The van der Waals surface area contributed by atoms with E-state index in [1.807, 2.05) is 0 Å². The monoisotopic (exact) mass is 503 g/mol. The lowest BCUT2D eigenvalue weighted by molar-refractivity contribution is -0.147. The second kappa shape index (κ2) is 7.53. The number of alkyl halides is 4. The van der Waals surface area contributed by atoms with Crippen LogP contribution in [0.15, 0.2) is 18.2 Å². The fraction of sp³-hybridized carbons (Fsp3) is 0.500. The molecule has 2 atom stereocenters. The molecule has 2 bridgehead atoms. The van der Waals surface area contributed by atoms with Gasteiger partial charge in [-0.05, 0) is 62.8 Å². The summed E-state index contributed by atoms with van der Waals surface area (Å²) in [6.07, 6.45) is -4.02. The number of benzene rings is 1. The van der Waals surface area contributed by atoms with Crippen LogP contribution in [0.3, 0.4) is 0 Å². The topological polar surface area (TPSA) is 101 Å². The third kappa shape index (κ3) is 3.40. The van der Waals surface area contributed by atoms with Crippen molar-refractivity contribution in [2.75, 3.05) is 11.1 Å². The first-order valence-corrected chi connectivity index (χ1v) is 11.9. The van der Waals surface area contributed by atoms with Crippen LogP contribution in [0, 0.1) is 18.3 Å². The third-order valence-electron chi connectivity index (χ3n) is 7.92. The first-order valence-electron chi connectivity index (χ1n) is 11.9. The molecule has 1 amide bonds. The molecule has 3 N–H and O–H groups in total. The molecule has 0 saturated heterocycles. The Bertz CT molecular complexity index is 1400. The van der Waals surface area contributed by atoms with E-state index in [9.17, 15) is 22.4 Å². The Morgan fingerprint density at radius 2 is 1.94 bits per heavy atom. The summed E-state index contributed by atoms with van der Waals surface area (Å²) in [5.74, 6) is 1.27. The molecule has 1 aliphatic heterocycles. The number of amides is 1. The molecule has 0 spiro atoms.